The summed E-state index contributed by atoms with van der Waals surface area (Å²) in [6.45, 7) is 12.7. The van der Waals surface area contributed by atoms with Crippen LogP contribution in [0, 0.1) is 11.3 Å². The quantitative estimate of drug-likeness (QED) is 0.706. The molecule has 1 aliphatic rings. The standard InChI is InChI=1S/C12H25N/c1-6-7-12(5)8-10(12)9-13-11(2,3)4/h10,13H,6-9H2,1-5H3. The lowest BCUT2D eigenvalue weighted by Crippen LogP contribution is -2.37. The van der Waals surface area contributed by atoms with E-state index in [1.54, 1.807) is 0 Å². The second-order valence-corrected chi connectivity index (χ2v) is 5.94. The molecule has 0 bridgehead atoms. The van der Waals surface area contributed by atoms with Crippen LogP contribution in [0.3, 0.4) is 0 Å². The van der Waals surface area contributed by atoms with E-state index in [0.717, 1.165) is 5.92 Å². The van der Waals surface area contributed by atoms with Crippen molar-refractivity contribution in [1.82, 2.24) is 5.32 Å². The lowest BCUT2D eigenvalue weighted by molar-refractivity contribution is 0.377. The van der Waals surface area contributed by atoms with Gasteiger partial charge < -0.3 is 5.32 Å². The zero-order chi connectivity index (χ0) is 10.1. The molecule has 1 saturated carbocycles. The van der Waals surface area contributed by atoms with Gasteiger partial charge in [-0.15, -0.1) is 0 Å². The van der Waals surface area contributed by atoms with E-state index in [1.807, 2.05) is 0 Å². The second-order valence-electron chi connectivity index (χ2n) is 5.94. The van der Waals surface area contributed by atoms with Gasteiger partial charge in [-0.3, -0.25) is 0 Å². The van der Waals surface area contributed by atoms with Crippen LogP contribution in [0.5, 0.6) is 0 Å². The Morgan fingerprint density at radius 1 is 1.38 bits per heavy atom. The SMILES string of the molecule is CCCC1(C)CC1CNC(C)(C)C. The highest BCUT2D eigenvalue weighted by atomic mass is 15.0. The van der Waals surface area contributed by atoms with Crippen LogP contribution in [0.4, 0.5) is 0 Å². The van der Waals surface area contributed by atoms with Crippen LogP contribution >= 0.6 is 0 Å². The summed E-state index contributed by atoms with van der Waals surface area (Å²) in [5.41, 5.74) is 0.961. The van der Waals surface area contributed by atoms with Gasteiger partial charge in [-0.1, -0.05) is 20.3 Å². The molecule has 0 aromatic rings. The van der Waals surface area contributed by atoms with Crippen LogP contribution in [0.25, 0.3) is 0 Å². The fraction of sp³-hybridized carbons (Fsp3) is 1.00. The lowest BCUT2D eigenvalue weighted by Gasteiger charge is -2.21. The molecule has 2 unspecified atom stereocenters. The normalized spacial score (nSPS) is 33.5. The van der Waals surface area contributed by atoms with E-state index in [2.05, 4.69) is 39.9 Å². The van der Waals surface area contributed by atoms with Crippen molar-refractivity contribution in [3.63, 3.8) is 0 Å². The van der Waals surface area contributed by atoms with Crippen LogP contribution in [0.2, 0.25) is 0 Å². The molecule has 1 rings (SSSR count). The fourth-order valence-electron chi connectivity index (χ4n) is 2.13. The largest absolute Gasteiger partial charge is 0.312 e. The molecule has 1 nitrogen and oxygen atoms in total. The molecule has 2 atom stereocenters. The molecule has 0 aromatic carbocycles. The van der Waals surface area contributed by atoms with Gasteiger partial charge in [-0.05, 0) is 51.5 Å². The summed E-state index contributed by atoms with van der Waals surface area (Å²) in [5.74, 6) is 0.937. The number of hydrogen-bond donors (Lipinski definition) is 1. The van der Waals surface area contributed by atoms with Crippen molar-refractivity contribution < 1.29 is 0 Å². The molecular formula is C12H25N. The highest BCUT2D eigenvalue weighted by Gasteiger charge is 2.48. The van der Waals surface area contributed by atoms with Gasteiger partial charge in [0.05, 0.1) is 0 Å². The third-order valence-corrected chi connectivity index (χ3v) is 3.24. The van der Waals surface area contributed by atoms with Crippen molar-refractivity contribution in [2.75, 3.05) is 6.54 Å². The molecule has 0 aliphatic heterocycles. The number of hydrogen-bond acceptors (Lipinski definition) is 1. The van der Waals surface area contributed by atoms with Gasteiger partial charge in [0, 0.05) is 5.54 Å². The first-order valence-corrected chi connectivity index (χ1v) is 5.62. The molecule has 0 amide bonds. The molecule has 0 radical (unpaired) electrons. The Bertz CT molecular complexity index is 168. The van der Waals surface area contributed by atoms with E-state index in [-0.39, 0.29) is 5.54 Å². The van der Waals surface area contributed by atoms with Crippen LogP contribution in [-0.2, 0) is 0 Å². The van der Waals surface area contributed by atoms with Crippen LogP contribution in [-0.4, -0.2) is 12.1 Å². The van der Waals surface area contributed by atoms with Gasteiger partial charge in [0.1, 0.15) is 0 Å². The molecule has 0 heterocycles. The minimum Gasteiger partial charge on any atom is -0.312 e. The molecule has 1 aliphatic carbocycles. The van der Waals surface area contributed by atoms with Crippen molar-refractivity contribution >= 4 is 0 Å². The van der Waals surface area contributed by atoms with Gasteiger partial charge in [-0.2, -0.15) is 0 Å². The zero-order valence-corrected chi connectivity index (χ0v) is 9.91. The van der Waals surface area contributed by atoms with Crippen LogP contribution in [0.15, 0.2) is 0 Å². The van der Waals surface area contributed by atoms with Crippen molar-refractivity contribution in [2.45, 2.75) is 59.4 Å². The van der Waals surface area contributed by atoms with E-state index in [0.29, 0.717) is 5.41 Å². The number of nitrogens with one attached hydrogen (secondary N) is 1. The Kier molecular flexibility index (Phi) is 3.06. The van der Waals surface area contributed by atoms with Crippen molar-refractivity contribution in [3.8, 4) is 0 Å². The van der Waals surface area contributed by atoms with Crippen molar-refractivity contribution in [3.05, 3.63) is 0 Å². The highest BCUT2D eigenvalue weighted by Crippen LogP contribution is 2.55. The van der Waals surface area contributed by atoms with Gasteiger partial charge in [0.2, 0.25) is 0 Å². The third kappa shape index (κ3) is 3.30. The first-order valence-electron chi connectivity index (χ1n) is 5.62. The van der Waals surface area contributed by atoms with E-state index >= 15 is 0 Å². The number of rotatable bonds is 4. The minimum absolute atomic E-state index is 0.287. The first-order chi connectivity index (χ1) is 5.87. The zero-order valence-electron chi connectivity index (χ0n) is 9.91. The fourth-order valence-corrected chi connectivity index (χ4v) is 2.13. The molecular weight excluding hydrogens is 158 g/mol. The molecule has 0 aromatic heterocycles. The lowest BCUT2D eigenvalue weighted by atomic mass is 9.99. The molecule has 13 heavy (non-hydrogen) atoms. The molecule has 1 fully saturated rings. The minimum atomic E-state index is 0.287. The Hall–Kier alpha value is -0.0400. The molecule has 1 N–H and O–H groups in total. The first kappa shape index (κ1) is 11.0. The van der Waals surface area contributed by atoms with Gasteiger partial charge in [-0.25, -0.2) is 0 Å². The summed E-state index contributed by atoms with van der Waals surface area (Å²) in [6.07, 6.45) is 4.18. The topological polar surface area (TPSA) is 12.0 Å². The Morgan fingerprint density at radius 3 is 2.46 bits per heavy atom. The van der Waals surface area contributed by atoms with Crippen LogP contribution in [0.1, 0.15) is 53.9 Å². The Balaban J connectivity index is 2.20. The average molecular weight is 183 g/mol. The molecule has 0 spiro atoms. The summed E-state index contributed by atoms with van der Waals surface area (Å²) in [7, 11) is 0. The average Bonchev–Trinajstić information content (AvgIpc) is 2.57. The van der Waals surface area contributed by atoms with E-state index < -0.39 is 0 Å². The van der Waals surface area contributed by atoms with Crippen molar-refractivity contribution in [2.24, 2.45) is 11.3 Å². The van der Waals surface area contributed by atoms with Crippen LogP contribution < -0.4 is 5.32 Å². The Labute approximate surface area is 83.3 Å². The van der Waals surface area contributed by atoms with Gasteiger partial charge >= 0.3 is 0 Å². The summed E-state index contributed by atoms with van der Waals surface area (Å²) in [4.78, 5) is 0. The van der Waals surface area contributed by atoms with Gasteiger partial charge in [0.25, 0.3) is 0 Å². The molecule has 78 valence electrons. The smallest absolute Gasteiger partial charge is 0.00966 e. The van der Waals surface area contributed by atoms with Crippen molar-refractivity contribution in [1.29, 1.82) is 0 Å². The maximum absolute atomic E-state index is 3.60. The third-order valence-electron chi connectivity index (χ3n) is 3.24. The maximum Gasteiger partial charge on any atom is 0.00966 e. The summed E-state index contributed by atoms with van der Waals surface area (Å²) >= 11 is 0. The summed E-state index contributed by atoms with van der Waals surface area (Å²) < 4.78 is 0. The van der Waals surface area contributed by atoms with E-state index in [9.17, 15) is 0 Å². The summed E-state index contributed by atoms with van der Waals surface area (Å²) in [5, 5.41) is 3.60. The Morgan fingerprint density at radius 2 is 2.00 bits per heavy atom. The monoisotopic (exact) mass is 183 g/mol. The molecule has 0 saturated heterocycles. The summed E-state index contributed by atoms with van der Waals surface area (Å²) in [6, 6.07) is 0. The van der Waals surface area contributed by atoms with E-state index in [4.69, 9.17) is 0 Å². The van der Waals surface area contributed by atoms with Gasteiger partial charge in [0.15, 0.2) is 0 Å². The predicted molar refractivity (Wildman–Crippen MR) is 58.9 cm³/mol. The predicted octanol–water partition coefficient (Wildman–Crippen LogP) is 3.20. The maximum atomic E-state index is 3.60. The van der Waals surface area contributed by atoms with E-state index in [1.165, 1.54) is 25.8 Å². The second kappa shape index (κ2) is 3.61. The highest BCUT2D eigenvalue weighted by molar-refractivity contribution is 4.99. The molecule has 1 heteroatoms.